The third kappa shape index (κ3) is 4.44. The van der Waals surface area contributed by atoms with E-state index >= 15 is 0 Å². The van der Waals surface area contributed by atoms with Crippen LogP contribution in [0.4, 0.5) is 9.18 Å². The molecule has 7 heteroatoms. The van der Waals surface area contributed by atoms with Gasteiger partial charge in [0.1, 0.15) is 5.82 Å². The molecule has 2 heterocycles. The molecule has 2 aromatic carbocycles. The minimum Gasteiger partial charge on any atom is -0.412 e. The topological polar surface area (TPSA) is 70.3 Å². The number of carbonyl (C=O) groups excluding carboxylic acids is 1. The summed E-state index contributed by atoms with van der Waals surface area (Å²) in [4.78, 5) is 18.7. The molecule has 0 aromatic heterocycles. The highest BCUT2D eigenvalue weighted by Gasteiger charge is 2.36. The molecule has 1 aliphatic carbocycles. The summed E-state index contributed by atoms with van der Waals surface area (Å²) in [6.07, 6.45) is 1.05. The summed E-state index contributed by atoms with van der Waals surface area (Å²) in [6, 6.07) is 16.3. The molecular weight excluding hydrogens is 395 g/mol. The Kier molecular flexibility index (Phi) is 6.55. The van der Waals surface area contributed by atoms with Gasteiger partial charge in [0.25, 0.3) is 0 Å². The number of fused-ring (bicyclic) bond motifs is 1. The van der Waals surface area contributed by atoms with Crippen LogP contribution in [0.1, 0.15) is 35.1 Å². The number of benzene rings is 2. The smallest absolute Gasteiger partial charge is 0.317 e. The monoisotopic (exact) mass is 426 g/mol. The number of nitrogens with zero attached hydrogens (tertiary/aromatic N) is 3. The molecule has 2 fully saturated rings. The van der Waals surface area contributed by atoms with Crippen molar-refractivity contribution in [2.75, 3.05) is 52.4 Å². The number of halogens is 1. The fraction of sp³-hybridized carbons (Fsp3) is 0.458. The van der Waals surface area contributed by atoms with E-state index in [1.807, 2.05) is 17.0 Å². The first-order valence-electron chi connectivity index (χ1n) is 11.0. The van der Waals surface area contributed by atoms with Crippen LogP contribution in [0.3, 0.4) is 0 Å². The quantitative estimate of drug-likeness (QED) is 0.797. The first kappa shape index (κ1) is 21.7. The van der Waals surface area contributed by atoms with Crippen molar-refractivity contribution >= 4 is 6.03 Å². The first-order valence-corrected chi connectivity index (χ1v) is 11.0. The lowest BCUT2D eigenvalue weighted by molar-refractivity contribution is 0.0905. The Labute approximate surface area is 182 Å². The molecule has 2 saturated heterocycles. The van der Waals surface area contributed by atoms with Gasteiger partial charge in [-0.15, -0.1) is 0 Å². The van der Waals surface area contributed by atoms with Gasteiger partial charge >= 0.3 is 6.03 Å². The third-order valence-corrected chi connectivity index (χ3v) is 6.94. The van der Waals surface area contributed by atoms with Gasteiger partial charge in [0.05, 0.1) is 0 Å². The average Bonchev–Trinajstić information content (AvgIpc) is 3.37. The molecule has 166 valence electrons. The Morgan fingerprint density at radius 3 is 2.29 bits per heavy atom. The zero-order valence-corrected chi connectivity index (χ0v) is 17.8. The van der Waals surface area contributed by atoms with E-state index in [0.29, 0.717) is 12.0 Å². The van der Waals surface area contributed by atoms with Crippen LogP contribution in [0, 0.1) is 5.82 Å². The van der Waals surface area contributed by atoms with E-state index in [-0.39, 0.29) is 17.3 Å². The lowest BCUT2D eigenvalue weighted by atomic mass is 9.93. The van der Waals surface area contributed by atoms with Gasteiger partial charge in [-0.2, -0.15) is 0 Å². The van der Waals surface area contributed by atoms with Crippen molar-refractivity contribution < 1.29 is 14.7 Å². The van der Waals surface area contributed by atoms with E-state index in [1.165, 1.54) is 16.7 Å². The fourth-order valence-electron chi connectivity index (χ4n) is 5.25. The van der Waals surface area contributed by atoms with Crippen molar-refractivity contribution in [3.8, 4) is 0 Å². The predicted octanol–water partition coefficient (Wildman–Crippen LogP) is 2.22. The summed E-state index contributed by atoms with van der Waals surface area (Å²) < 4.78 is 13.4. The number of hydrogen-bond donors (Lipinski definition) is 1. The molecule has 0 spiro atoms. The van der Waals surface area contributed by atoms with Gasteiger partial charge in [-0.25, -0.2) is 9.18 Å². The van der Waals surface area contributed by atoms with Crippen molar-refractivity contribution in [2.45, 2.75) is 18.4 Å². The largest absolute Gasteiger partial charge is 0.412 e. The fourth-order valence-corrected chi connectivity index (χ4v) is 5.25. The van der Waals surface area contributed by atoms with E-state index in [0.717, 1.165) is 58.8 Å². The predicted molar refractivity (Wildman–Crippen MR) is 119 cm³/mol. The van der Waals surface area contributed by atoms with Crippen LogP contribution in [-0.4, -0.2) is 78.6 Å². The lowest BCUT2D eigenvalue weighted by Crippen LogP contribution is -2.49. The molecule has 3 aliphatic rings. The van der Waals surface area contributed by atoms with Gasteiger partial charge in [-0.3, -0.25) is 9.80 Å². The van der Waals surface area contributed by atoms with Crippen molar-refractivity contribution in [1.82, 2.24) is 20.0 Å². The van der Waals surface area contributed by atoms with Crippen molar-refractivity contribution in [3.05, 3.63) is 71.0 Å². The van der Waals surface area contributed by atoms with Crippen LogP contribution >= 0.6 is 0 Å². The Hall–Kier alpha value is -2.48. The van der Waals surface area contributed by atoms with Gasteiger partial charge in [0.2, 0.25) is 0 Å². The molecule has 2 atom stereocenters. The van der Waals surface area contributed by atoms with Crippen LogP contribution in [0.25, 0.3) is 0 Å². The normalized spacial score (nSPS) is 24.0. The van der Waals surface area contributed by atoms with E-state index in [9.17, 15) is 9.18 Å². The zero-order valence-electron chi connectivity index (χ0n) is 17.8. The lowest BCUT2D eigenvalue weighted by Gasteiger charge is -2.39. The molecule has 6 nitrogen and oxygen atoms in total. The number of amides is 2. The maximum atomic E-state index is 13.4. The number of piperazine rings is 1. The minimum atomic E-state index is -0.177. The summed E-state index contributed by atoms with van der Waals surface area (Å²) in [5, 5.41) is 2.87. The molecule has 0 bridgehead atoms. The number of rotatable bonds is 5. The van der Waals surface area contributed by atoms with Crippen LogP contribution in [0.15, 0.2) is 48.5 Å². The summed E-state index contributed by atoms with van der Waals surface area (Å²) in [5.74, 6) is 0.155. The highest BCUT2D eigenvalue weighted by Crippen LogP contribution is 2.46. The minimum absolute atomic E-state index is 0. The van der Waals surface area contributed by atoms with Crippen LogP contribution < -0.4 is 5.32 Å². The Morgan fingerprint density at radius 1 is 0.903 bits per heavy atom. The molecule has 5 rings (SSSR count). The SMILES string of the molecule is O.O=C1NCCN1CCN1CCN([C@@H]2C[C@@H](c3ccc(F)cc3)c3ccccc32)CC1. The molecule has 3 N–H and O–H groups in total. The number of nitrogens with one attached hydrogen (secondary N) is 1. The summed E-state index contributed by atoms with van der Waals surface area (Å²) in [5.41, 5.74) is 4.01. The van der Waals surface area contributed by atoms with Crippen LogP contribution in [0.2, 0.25) is 0 Å². The second-order valence-electron chi connectivity index (χ2n) is 8.58. The summed E-state index contributed by atoms with van der Waals surface area (Å²) in [6.45, 7) is 7.50. The Balaban J connectivity index is 0.00000231. The highest BCUT2D eigenvalue weighted by atomic mass is 19.1. The van der Waals surface area contributed by atoms with Crippen molar-refractivity contribution in [2.24, 2.45) is 0 Å². The molecule has 0 radical (unpaired) electrons. The van der Waals surface area contributed by atoms with Gasteiger partial charge in [0, 0.05) is 64.3 Å². The van der Waals surface area contributed by atoms with Gasteiger partial charge in [-0.05, 0) is 35.2 Å². The highest BCUT2D eigenvalue weighted by molar-refractivity contribution is 5.76. The van der Waals surface area contributed by atoms with Crippen LogP contribution in [-0.2, 0) is 0 Å². The summed E-state index contributed by atoms with van der Waals surface area (Å²) in [7, 11) is 0. The number of urea groups is 1. The van der Waals surface area contributed by atoms with E-state index < -0.39 is 0 Å². The van der Waals surface area contributed by atoms with E-state index in [2.05, 4.69) is 39.4 Å². The van der Waals surface area contributed by atoms with Crippen molar-refractivity contribution in [3.63, 3.8) is 0 Å². The molecule has 0 unspecified atom stereocenters. The zero-order chi connectivity index (χ0) is 20.5. The van der Waals surface area contributed by atoms with Crippen molar-refractivity contribution in [1.29, 1.82) is 0 Å². The maximum absolute atomic E-state index is 13.4. The second-order valence-corrected chi connectivity index (χ2v) is 8.58. The van der Waals surface area contributed by atoms with Gasteiger partial charge in [0.15, 0.2) is 0 Å². The maximum Gasteiger partial charge on any atom is 0.317 e. The molecule has 2 amide bonds. The van der Waals surface area contributed by atoms with Gasteiger partial charge in [-0.1, -0.05) is 36.4 Å². The molecule has 2 aromatic rings. The van der Waals surface area contributed by atoms with E-state index in [4.69, 9.17) is 0 Å². The Bertz CT molecular complexity index is 899. The second kappa shape index (κ2) is 9.34. The number of hydrogen-bond acceptors (Lipinski definition) is 3. The van der Waals surface area contributed by atoms with Crippen LogP contribution in [0.5, 0.6) is 0 Å². The summed E-state index contributed by atoms with van der Waals surface area (Å²) >= 11 is 0. The molecule has 0 saturated carbocycles. The number of carbonyl (C=O) groups is 1. The first-order chi connectivity index (χ1) is 14.7. The molecule has 2 aliphatic heterocycles. The third-order valence-electron chi connectivity index (χ3n) is 6.94. The van der Waals surface area contributed by atoms with E-state index in [1.54, 1.807) is 12.1 Å². The standard InChI is InChI=1S/C24H29FN4O.H2O/c25-19-7-5-18(6-8-19)22-17-23(21-4-2-1-3-20(21)22)28-14-11-27(12-15-28)13-16-29-10-9-26-24(29)30;/h1-8,22-23H,9-17H2,(H,26,30);1H2/t22-,23+;/m0./s1. The average molecular weight is 427 g/mol. The van der Waals surface area contributed by atoms with Gasteiger partial charge < -0.3 is 15.7 Å². The Morgan fingerprint density at radius 2 is 1.61 bits per heavy atom. The molecular formula is C24H31FN4O2. The molecule has 31 heavy (non-hydrogen) atoms.